The number of terminal acetylenes is 1. The Balaban J connectivity index is 0.000000514. The minimum atomic E-state index is -0.111. The van der Waals surface area contributed by atoms with Gasteiger partial charge in [-0.1, -0.05) is 93.6 Å². The molecule has 3 nitrogen and oxygen atoms in total. The van der Waals surface area contributed by atoms with Crippen molar-refractivity contribution in [3.63, 3.8) is 0 Å². The number of allylic oxidation sites excluding steroid dienone is 1. The van der Waals surface area contributed by atoms with E-state index in [1.165, 1.54) is 46.7 Å². The van der Waals surface area contributed by atoms with Crippen LogP contribution in [0.3, 0.4) is 0 Å². The lowest BCUT2D eigenvalue weighted by Crippen LogP contribution is -2.20. The Kier molecular flexibility index (Phi) is 17.3. The Morgan fingerprint density at radius 1 is 1.15 bits per heavy atom. The van der Waals surface area contributed by atoms with Crippen LogP contribution in [0.15, 0.2) is 67.8 Å². The highest BCUT2D eigenvalue weighted by atomic mass is 16.1. The monoisotopic (exact) mass is 458 g/mol. The molecule has 0 atom stereocenters. The molecule has 0 radical (unpaired) electrons. The molecule has 0 aromatic heterocycles. The molecule has 0 heterocycles. The van der Waals surface area contributed by atoms with Gasteiger partial charge in [-0.3, -0.25) is 4.79 Å². The quantitative estimate of drug-likeness (QED) is 0.350. The van der Waals surface area contributed by atoms with E-state index in [4.69, 9.17) is 6.42 Å². The van der Waals surface area contributed by atoms with Crippen LogP contribution in [0.25, 0.3) is 12.2 Å². The van der Waals surface area contributed by atoms with Crippen LogP contribution in [0.4, 0.5) is 0 Å². The van der Waals surface area contributed by atoms with Crippen molar-refractivity contribution in [2.75, 3.05) is 13.6 Å². The van der Waals surface area contributed by atoms with E-state index < -0.39 is 0 Å². The Morgan fingerprint density at radius 3 is 2.32 bits per heavy atom. The molecular formula is C31H42N2O. The minimum absolute atomic E-state index is 0.111. The molecule has 0 spiro atoms. The molecule has 2 aromatic carbocycles. The third kappa shape index (κ3) is 12.0. The summed E-state index contributed by atoms with van der Waals surface area (Å²) >= 11 is 0. The van der Waals surface area contributed by atoms with Crippen LogP contribution in [0.5, 0.6) is 0 Å². The number of hydrogen-bond acceptors (Lipinski definition) is 2. The van der Waals surface area contributed by atoms with Gasteiger partial charge >= 0.3 is 0 Å². The second-order valence-corrected chi connectivity index (χ2v) is 7.41. The van der Waals surface area contributed by atoms with Gasteiger partial charge in [0.1, 0.15) is 0 Å². The first-order valence-corrected chi connectivity index (χ1v) is 11.9. The van der Waals surface area contributed by atoms with Crippen molar-refractivity contribution in [3.05, 3.63) is 95.6 Å². The number of hydrogen-bond donors (Lipinski definition) is 2. The maximum Gasteiger partial charge on any atom is 0.243 e. The van der Waals surface area contributed by atoms with E-state index in [9.17, 15) is 4.79 Å². The van der Waals surface area contributed by atoms with E-state index in [2.05, 4.69) is 85.2 Å². The average Bonchev–Trinajstić information content (AvgIpc) is 3.72. The Hall–Kier alpha value is -3.35. The number of benzene rings is 2. The Bertz CT molecular complexity index is 946. The van der Waals surface area contributed by atoms with Gasteiger partial charge in [-0.2, -0.15) is 0 Å². The summed E-state index contributed by atoms with van der Waals surface area (Å²) in [7, 11) is 1.82. The molecule has 182 valence electrons. The highest BCUT2D eigenvalue weighted by Crippen LogP contribution is 2.41. The van der Waals surface area contributed by atoms with Crippen LogP contribution < -0.4 is 10.6 Å². The van der Waals surface area contributed by atoms with Crippen molar-refractivity contribution in [1.82, 2.24) is 10.6 Å². The molecule has 3 heteroatoms. The molecular weight excluding hydrogens is 416 g/mol. The van der Waals surface area contributed by atoms with Crippen molar-refractivity contribution in [2.24, 2.45) is 0 Å². The van der Waals surface area contributed by atoms with Crippen LogP contribution in [-0.2, 0) is 11.3 Å². The third-order valence-corrected chi connectivity index (χ3v) is 4.90. The maximum absolute atomic E-state index is 11.1. The zero-order chi connectivity index (χ0) is 25.8. The fraction of sp³-hybridized carbons (Fsp3) is 0.323. The summed E-state index contributed by atoms with van der Waals surface area (Å²) in [5, 5.41) is 5.60. The molecule has 34 heavy (non-hydrogen) atoms. The number of rotatable bonds is 7. The highest BCUT2D eigenvalue weighted by molar-refractivity contribution is 5.86. The molecule has 1 amide bonds. The molecule has 2 aromatic rings. The maximum atomic E-state index is 11.1. The van der Waals surface area contributed by atoms with E-state index in [0.717, 1.165) is 5.92 Å². The Morgan fingerprint density at radius 2 is 1.82 bits per heavy atom. The van der Waals surface area contributed by atoms with E-state index in [1.54, 1.807) is 0 Å². The minimum Gasteiger partial charge on any atom is -0.348 e. The lowest BCUT2D eigenvalue weighted by atomic mass is 10.0. The summed E-state index contributed by atoms with van der Waals surface area (Å²) in [6, 6.07) is 14.6. The van der Waals surface area contributed by atoms with Gasteiger partial charge in [0.25, 0.3) is 0 Å². The van der Waals surface area contributed by atoms with Gasteiger partial charge in [-0.05, 0) is 73.5 Å². The smallest absolute Gasteiger partial charge is 0.243 e. The standard InChI is InChI=1S/C13H15NO.C12H14.C4H7N.C2H6/c1-2-13(15)14-9-11-5-3-4-6-12(11)10-7-8-10;1-4-7-12-10(3)8-6-9-11(12)5-2;1-3-4-5-2;1-2/h2-6,10H,1,7-9H2,(H,14,15);4-9H,2H2,1,3H3;1,5H,4H2,2H3;1-2H3/b;7-4-;;. The van der Waals surface area contributed by atoms with Gasteiger partial charge < -0.3 is 10.6 Å². The Labute approximate surface area is 208 Å². The second kappa shape index (κ2) is 19.1. The predicted molar refractivity (Wildman–Crippen MR) is 151 cm³/mol. The van der Waals surface area contributed by atoms with Gasteiger partial charge in [0.2, 0.25) is 5.91 Å². The van der Waals surface area contributed by atoms with Gasteiger partial charge in [0.05, 0.1) is 6.54 Å². The lowest BCUT2D eigenvalue weighted by Gasteiger charge is -2.08. The van der Waals surface area contributed by atoms with E-state index in [1.807, 2.05) is 40.0 Å². The molecule has 0 aliphatic heterocycles. The summed E-state index contributed by atoms with van der Waals surface area (Å²) in [5.74, 6) is 3.02. The van der Waals surface area contributed by atoms with Gasteiger partial charge in [-0.25, -0.2) is 0 Å². The molecule has 0 bridgehead atoms. The number of carbonyl (C=O) groups excluding carboxylic acids is 1. The van der Waals surface area contributed by atoms with Gasteiger partial charge in [-0.15, -0.1) is 6.42 Å². The van der Waals surface area contributed by atoms with E-state index in [0.29, 0.717) is 13.1 Å². The molecule has 1 saturated carbocycles. The lowest BCUT2D eigenvalue weighted by molar-refractivity contribution is -0.116. The van der Waals surface area contributed by atoms with Crippen molar-refractivity contribution in [3.8, 4) is 12.3 Å². The van der Waals surface area contributed by atoms with Crippen LogP contribution in [0, 0.1) is 19.3 Å². The van der Waals surface area contributed by atoms with Gasteiger partial charge in [0.15, 0.2) is 0 Å². The number of carbonyl (C=O) groups is 1. The van der Waals surface area contributed by atoms with Crippen molar-refractivity contribution < 1.29 is 4.79 Å². The normalized spacial score (nSPS) is 11.3. The van der Waals surface area contributed by atoms with Crippen molar-refractivity contribution in [2.45, 2.75) is 53.0 Å². The largest absolute Gasteiger partial charge is 0.348 e. The summed E-state index contributed by atoms with van der Waals surface area (Å²) < 4.78 is 0. The first-order chi connectivity index (χ1) is 16.5. The zero-order valence-electron chi connectivity index (χ0n) is 21.7. The van der Waals surface area contributed by atoms with Crippen LogP contribution >= 0.6 is 0 Å². The molecule has 0 unspecified atom stereocenters. The molecule has 2 N–H and O–H groups in total. The van der Waals surface area contributed by atoms with E-state index in [-0.39, 0.29) is 5.91 Å². The van der Waals surface area contributed by atoms with Crippen LogP contribution in [0.2, 0.25) is 0 Å². The zero-order valence-corrected chi connectivity index (χ0v) is 21.7. The number of nitrogens with one attached hydrogen (secondary N) is 2. The van der Waals surface area contributed by atoms with Crippen LogP contribution in [0.1, 0.15) is 67.3 Å². The summed E-state index contributed by atoms with van der Waals surface area (Å²) in [4.78, 5) is 11.1. The first kappa shape index (κ1) is 30.7. The molecule has 3 rings (SSSR count). The summed E-state index contributed by atoms with van der Waals surface area (Å²) in [6.45, 7) is 16.6. The van der Waals surface area contributed by atoms with Crippen molar-refractivity contribution >= 4 is 18.1 Å². The predicted octanol–water partition coefficient (Wildman–Crippen LogP) is 6.90. The second-order valence-electron chi connectivity index (χ2n) is 7.41. The SMILES string of the molecule is C#CCNC.C=CC(=O)NCc1ccccc1C1CC1.C=Cc1cccc(C)c1/C=C\C.CC. The van der Waals surface area contributed by atoms with Crippen LogP contribution in [-0.4, -0.2) is 19.5 Å². The average molecular weight is 459 g/mol. The molecule has 1 fully saturated rings. The summed E-state index contributed by atoms with van der Waals surface area (Å²) in [5.41, 5.74) is 6.39. The first-order valence-electron chi connectivity index (χ1n) is 11.9. The highest BCUT2D eigenvalue weighted by Gasteiger charge is 2.25. The van der Waals surface area contributed by atoms with E-state index >= 15 is 0 Å². The molecule has 1 aliphatic rings. The molecule has 0 saturated heterocycles. The third-order valence-electron chi connectivity index (χ3n) is 4.90. The fourth-order valence-corrected chi connectivity index (χ4v) is 3.12. The molecule has 1 aliphatic carbocycles. The topological polar surface area (TPSA) is 41.1 Å². The summed E-state index contributed by atoms with van der Waals surface area (Å²) in [6.07, 6.45) is 14.8. The number of aryl methyl sites for hydroxylation is 1. The number of amides is 1. The van der Waals surface area contributed by atoms with Gasteiger partial charge in [0, 0.05) is 6.54 Å². The fourth-order valence-electron chi connectivity index (χ4n) is 3.12. The van der Waals surface area contributed by atoms with Crippen molar-refractivity contribution in [1.29, 1.82) is 0 Å².